The van der Waals surface area contributed by atoms with Gasteiger partial charge in [-0.15, -0.1) is 24.0 Å². The number of rotatable bonds is 6. The summed E-state index contributed by atoms with van der Waals surface area (Å²) in [5.41, 5.74) is 1.13. The minimum atomic E-state index is -0.185. The summed E-state index contributed by atoms with van der Waals surface area (Å²) in [4.78, 5) is 7.10. The summed E-state index contributed by atoms with van der Waals surface area (Å²) in [6.07, 6.45) is 3.32. The van der Waals surface area contributed by atoms with E-state index in [-0.39, 0.29) is 29.8 Å². The molecule has 0 unspecified atom stereocenters. The molecule has 136 valence electrons. The average molecular weight is 448 g/mol. The molecule has 24 heavy (non-hydrogen) atoms. The van der Waals surface area contributed by atoms with Crippen LogP contribution in [0.15, 0.2) is 29.3 Å². The summed E-state index contributed by atoms with van der Waals surface area (Å²) in [6, 6.07) is 6.68. The maximum atomic E-state index is 12.9. The minimum absolute atomic E-state index is 0. The molecule has 2 rings (SSSR count). The molecule has 0 atom stereocenters. The lowest BCUT2D eigenvalue weighted by molar-refractivity contribution is 0.223. The molecule has 6 heteroatoms. The molecular weight excluding hydrogens is 418 g/mol. The average Bonchev–Trinajstić information content (AvgIpc) is 2.56. The van der Waals surface area contributed by atoms with E-state index in [1.54, 1.807) is 0 Å². The van der Waals surface area contributed by atoms with Crippen molar-refractivity contribution in [1.29, 1.82) is 0 Å². The van der Waals surface area contributed by atoms with Gasteiger partial charge < -0.3 is 15.5 Å². The minimum Gasteiger partial charge on any atom is -0.357 e. The Balaban J connectivity index is 0.00000288. The van der Waals surface area contributed by atoms with Crippen LogP contribution in [0.1, 0.15) is 25.3 Å². The number of nitrogens with one attached hydrogen (secondary N) is 2. The van der Waals surface area contributed by atoms with Crippen LogP contribution in [-0.4, -0.2) is 50.6 Å². The lowest BCUT2D eigenvalue weighted by Gasteiger charge is -2.28. The lowest BCUT2D eigenvalue weighted by Crippen LogP contribution is -2.39. The van der Waals surface area contributed by atoms with E-state index < -0.39 is 0 Å². The van der Waals surface area contributed by atoms with Crippen LogP contribution in [0.2, 0.25) is 0 Å². The smallest absolute Gasteiger partial charge is 0.191 e. The molecule has 0 spiro atoms. The largest absolute Gasteiger partial charge is 0.357 e. The first-order valence-electron chi connectivity index (χ1n) is 8.62. The van der Waals surface area contributed by atoms with Gasteiger partial charge in [-0.1, -0.05) is 12.1 Å². The van der Waals surface area contributed by atoms with Crippen molar-refractivity contribution < 1.29 is 4.39 Å². The molecule has 0 aromatic heterocycles. The number of likely N-dealkylation sites (tertiary alicyclic amines) is 1. The van der Waals surface area contributed by atoms with E-state index in [1.165, 1.54) is 38.1 Å². The third-order valence-electron chi connectivity index (χ3n) is 4.31. The summed E-state index contributed by atoms with van der Waals surface area (Å²) in [7, 11) is 2.18. The van der Waals surface area contributed by atoms with E-state index in [2.05, 4.69) is 29.5 Å². The molecule has 2 N–H and O–H groups in total. The zero-order valence-corrected chi connectivity index (χ0v) is 17.1. The molecule has 1 aliphatic rings. The number of benzene rings is 1. The molecule has 0 radical (unpaired) electrons. The SMILES string of the molecule is CCNC(=NCC1CCN(C)CC1)NCCc1ccc(F)cc1.I. The molecule has 0 saturated carbocycles. The molecule has 1 heterocycles. The summed E-state index contributed by atoms with van der Waals surface area (Å²) in [6.45, 7) is 6.97. The highest BCUT2D eigenvalue weighted by Gasteiger charge is 2.16. The topological polar surface area (TPSA) is 39.7 Å². The second-order valence-corrected chi connectivity index (χ2v) is 6.27. The summed E-state index contributed by atoms with van der Waals surface area (Å²) >= 11 is 0. The molecule has 0 aliphatic carbocycles. The second-order valence-electron chi connectivity index (χ2n) is 6.27. The number of hydrogen-bond donors (Lipinski definition) is 2. The van der Waals surface area contributed by atoms with Crippen molar-refractivity contribution in [2.45, 2.75) is 26.2 Å². The zero-order chi connectivity index (χ0) is 16.5. The van der Waals surface area contributed by atoms with Gasteiger partial charge in [0.1, 0.15) is 5.82 Å². The number of guanidine groups is 1. The second kappa shape index (κ2) is 11.6. The molecule has 1 aromatic rings. The Morgan fingerprint density at radius 3 is 2.50 bits per heavy atom. The van der Waals surface area contributed by atoms with Gasteiger partial charge in [-0.3, -0.25) is 4.99 Å². The van der Waals surface area contributed by atoms with Crippen molar-refractivity contribution in [3.8, 4) is 0 Å². The molecule has 0 bridgehead atoms. The third kappa shape index (κ3) is 7.79. The quantitative estimate of drug-likeness (QED) is 0.400. The number of halogens is 2. The Labute approximate surface area is 162 Å². The van der Waals surface area contributed by atoms with Gasteiger partial charge in [0.2, 0.25) is 0 Å². The molecule has 1 fully saturated rings. The van der Waals surface area contributed by atoms with E-state index in [9.17, 15) is 4.39 Å². The number of aliphatic imine (C=N–C) groups is 1. The van der Waals surface area contributed by atoms with Crippen molar-refractivity contribution in [3.05, 3.63) is 35.6 Å². The van der Waals surface area contributed by atoms with E-state index in [1.807, 2.05) is 12.1 Å². The molecule has 1 aliphatic heterocycles. The van der Waals surface area contributed by atoms with Gasteiger partial charge >= 0.3 is 0 Å². The normalized spacial score (nSPS) is 16.5. The summed E-state index contributed by atoms with van der Waals surface area (Å²) < 4.78 is 12.9. The Kier molecular flexibility index (Phi) is 10.2. The van der Waals surface area contributed by atoms with E-state index in [0.29, 0.717) is 5.92 Å². The van der Waals surface area contributed by atoms with E-state index >= 15 is 0 Å². The van der Waals surface area contributed by atoms with Crippen molar-refractivity contribution in [1.82, 2.24) is 15.5 Å². The summed E-state index contributed by atoms with van der Waals surface area (Å²) in [5.74, 6) is 1.39. The van der Waals surface area contributed by atoms with Gasteiger partial charge in [0.15, 0.2) is 5.96 Å². The number of piperidine rings is 1. The van der Waals surface area contributed by atoms with Gasteiger partial charge in [-0.2, -0.15) is 0 Å². The molecular formula is C18H30FIN4. The Hall–Kier alpha value is -0.890. The van der Waals surface area contributed by atoms with Crippen LogP contribution in [-0.2, 0) is 6.42 Å². The first-order valence-corrected chi connectivity index (χ1v) is 8.62. The first-order chi connectivity index (χ1) is 11.2. The van der Waals surface area contributed by atoms with Crippen LogP contribution in [0.5, 0.6) is 0 Å². The number of nitrogens with zero attached hydrogens (tertiary/aromatic N) is 2. The molecule has 1 saturated heterocycles. The van der Waals surface area contributed by atoms with Crippen LogP contribution in [0.25, 0.3) is 0 Å². The van der Waals surface area contributed by atoms with Gasteiger partial charge in [-0.05, 0) is 69.9 Å². The van der Waals surface area contributed by atoms with Crippen molar-refractivity contribution >= 4 is 29.9 Å². The standard InChI is InChI=1S/C18H29FN4.HI/c1-3-20-18(22-14-16-9-12-23(2)13-10-16)21-11-8-15-4-6-17(19)7-5-15;/h4-7,16H,3,8-14H2,1-2H3,(H2,20,21,22);1H. The van der Waals surface area contributed by atoms with Gasteiger partial charge in [0.25, 0.3) is 0 Å². The summed E-state index contributed by atoms with van der Waals surface area (Å²) in [5, 5.41) is 6.66. The van der Waals surface area contributed by atoms with Gasteiger partial charge in [0.05, 0.1) is 0 Å². The lowest BCUT2D eigenvalue weighted by atomic mass is 9.97. The fraction of sp³-hybridized carbons (Fsp3) is 0.611. The van der Waals surface area contributed by atoms with Crippen molar-refractivity contribution in [2.75, 3.05) is 39.8 Å². The number of hydrogen-bond acceptors (Lipinski definition) is 2. The predicted molar refractivity (Wildman–Crippen MR) is 110 cm³/mol. The highest BCUT2D eigenvalue weighted by Crippen LogP contribution is 2.15. The first kappa shape index (κ1) is 21.2. The fourth-order valence-electron chi connectivity index (χ4n) is 2.78. The highest BCUT2D eigenvalue weighted by atomic mass is 127. The predicted octanol–water partition coefficient (Wildman–Crippen LogP) is 2.88. The van der Waals surface area contributed by atoms with Crippen LogP contribution >= 0.6 is 24.0 Å². The maximum absolute atomic E-state index is 12.9. The fourth-order valence-corrected chi connectivity index (χ4v) is 2.78. The molecule has 0 amide bonds. The zero-order valence-electron chi connectivity index (χ0n) is 14.7. The van der Waals surface area contributed by atoms with Crippen molar-refractivity contribution in [2.24, 2.45) is 10.9 Å². The van der Waals surface area contributed by atoms with Crippen molar-refractivity contribution in [3.63, 3.8) is 0 Å². The van der Waals surface area contributed by atoms with E-state index in [0.717, 1.165) is 37.6 Å². The van der Waals surface area contributed by atoms with Crippen LogP contribution in [0.4, 0.5) is 4.39 Å². The molecule has 1 aromatic carbocycles. The third-order valence-corrected chi connectivity index (χ3v) is 4.31. The van der Waals surface area contributed by atoms with Gasteiger partial charge in [0, 0.05) is 19.6 Å². The van der Waals surface area contributed by atoms with Gasteiger partial charge in [-0.25, -0.2) is 4.39 Å². The van der Waals surface area contributed by atoms with Crippen LogP contribution < -0.4 is 10.6 Å². The monoisotopic (exact) mass is 448 g/mol. The maximum Gasteiger partial charge on any atom is 0.191 e. The highest BCUT2D eigenvalue weighted by molar-refractivity contribution is 14.0. The van der Waals surface area contributed by atoms with Crippen LogP contribution in [0.3, 0.4) is 0 Å². The molecule has 4 nitrogen and oxygen atoms in total. The Bertz CT molecular complexity index is 484. The Morgan fingerprint density at radius 1 is 1.21 bits per heavy atom. The van der Waals surface area contributed by atoms with Crippen LogP contribution in [0, 0.1) is 11.7 Å². The Morgan fingerprint density at radius 2 is 1.88 bits per heavy atom. The van der Waals surface area contributed by atoms with E-state index in [4.69, 9.17) is 4.99 Å².